The minimum absolute atomic E-state index is 0.0689. The molecule has 2 aromatic carbocycles. The second kappa shape index (κ2) is 10.9. The fourth-order valence-electron chi connectivity index (χ4n) is 4.63. The molecule has 3 amide bonds. The SMILES string of the molecule is CCCN1C(=O)c2c(C(=O)NCc3cccc(C)c3)ncn2C[C@]1(C)C(=O)NCc1ccc(OC)cc1. The largest absolute Gasteiger partial charge is 0.497 e. The van der Waals surface area contributed by atoms with E-state index in [9.17, 15) is 14.4 Å². The first-order valence-corrected chi connectivity index (χ1v) is 12.4. The molecule has 0 fully saturated rings. The topological polar surface area (TPSA) is 106 Å². The summed E-state index contributed by atoms with van der Waals surface area (Å²) < 4.78 is 6.80. The number of methoxy groups -OCH3 is 1. The van der Waals surface area contributed by atoms with Gasteiger partial charge in [0.15, 0.2) is 5.69 Å². The van der Waals surface area contributed by atoms with E-state index in [1.807, 2.05) is 62.4 Å². The van der Waals surface area contributed by atoms with Crippen molar-refractivity contribution >= 4 is 17.7 Å². The van der Waals surface area contributed by atoms with E-state index < -0.39 is 11.4 Å². The van der Waals surface area contributed by atoms with Crippen LogP contribution in [-0.2, 0) is 24.4 Å². The Labute approximate surface area is 216 Å². The van der Waals surface area contributed by atoms with Crippen molar-refractivity contribution in [2.45, 2.75) is 52.4 Å². The number of fused-ring (bicyclic) bond motifs is 1. The van der Waals surface area contributed by atoms with Crippen LogP contribution in [0.1, 0.15) is 57.9 Å². The highest BCUT2D eigenvalue weighted by Gasteiger charge is 2.48. The quantitative estimate of drug-likeness (QED) is 0.467. The number of carbonyl (C=O) groups excluding carboxylic acids is 3. The van der Waals surface area contributed by atoms with Gasteiger partial charge in [0.2, 0.25) is 5.91 Å². The van der Waals surface area contributed by atoms with Crippen LogP contribution in [0.25, 0.3) is 0 Å². The molecular weight excluding hydrogens is 470 g/mol. The number of hydrogen-bond donors (Lipinski definition) is 2. The molecule has 1 atom stereocenters. The van der Waals surface area contributed by atoms with Gasteiger partial charge in [-0.3, -0.25) is 14.4 Å². The standard InChI is InChI=1S/C28H33N5O4/c1-5-13-33-26(35)24-23(25(34)29-16-21-8-6-7-19(2)14-21)31-18-32(24)17-28(33,3)27(36)30-15-20-9-11-22(37-4)12-10-20/h6-12,14,18H,5,13,15-17H2,1-4H3,(H,29,34)(H,30,36)/t28-/m1/s1. The van der Waals surface area contributed by atoms with Crippen molar-refractivity contribution in [3.05, 3.63) is 82.9 Å². The first-order chi connectivity index (χ1) is 17.8. The van der Waals surface area contributed by atoms with Crippen LogP contribution in [0.2, 0.25) is 0 Å². The maximum Gasteiger partial charge on any atom is 0.273 e. The molecule has 0 saturated heterocycles. The highest BCUT2D eigenvalue weighted by atomic mass is 16.5. The Morgan fingerprint density at radius 2 is 1.81 bits per heavy atom. The highest BCUT2D eigenvalue weighted by Crippen LogP contribution is 2.29. The van der Waals surface area contributed by atoms with Crippen LogP contribution in [-0.4, -0.2) is 51.4 Å². The van der Waals surface area contributed by atoms with Crippen molar-refractivity contribution in [3.8, 4) is 5.75 Å². The Kier molecular flexibility index (Phi) is 7.61. The number of aromatic nitrogens is 2. The van der Waals surface area contributed by atoms with Crippen molar-refractivity contribution in [2.75, 3.05) is 13.7 Å². The number of nitrogens with one attached hydrogen (secondary N) is 2. The summed E-state index contributed by atoms with van der Waals surface area (Å²) in [4.78, 5) is 45.9. The summed E-state index contributed by atoms with van der Waals surface area (Å²) in [6.07, 6.45) is 2.13. The van der Waals surface area contributed by atoms with Gasteiger partial charge in [-0.2, -0.15) is 0 Å². The summed E-state index contributed by atoms with van der Waals surface area (Å²) in [5.74, 6) is -0.337. The minimum atomic E-state index is -1.14. The number of benzene rings is 2. The maximum absolute atomic E-state index is 13.7. The van der Waals surface area contributed by atoms with Gasteiger partial charge in [-0.25, -0.2) is 4.98 Å². The van der Waals surface area contributed by atoms with Gasteiger partial charge < -0.3 is 24.8 Å². The number of aryl methyl sites for hydroxylation is 1. The van der Waals surface area contributed by atoms with E-state index in [1.165, 1.54) is 6.33 Å². The number of imidazole rings is 1. The third-order valence-corrected chi connectivity index (χ3v) is 6.66. The first-order valence-electron chi connectivity index (χ1n) is 12.4. The summed E-state index contributed by atoms with van der Waals surface area (Å²) in [6.45, 7) is 6.90. The lowest BCUT2D eigenvalue weighted by Crippen LogP contribution is -2.64. The van der Waals surface area contributed by atoms with Crippen molar-refractivity contribution in [2.24, 2.45) is 0 Å². The van der Waals surface area contributed by atoms with E-state index >= 15 is 0 Å². The van der Waals surface area contributed by atoms with Crippen molar-refractivity contribution < 1.29 is 19.1 Å². The summed E-state index contributed by atoms with van der Waals surface area (Å²) in [5.41, 5.74) is 2.11. The number of rotatable bonds is 9. The Morgan fingerprint density at radius 3 is 2.49 bits per heavy atom. The maximum atomic E-state index is 13.7. The molecule has 194 valence electrons. The van der Waals surface area contributed by atoms with E-state index in [0.717, 1.165) is 22.4 Å². The van der Waals surface area contributed by atoms with Crippen molar-refractivity contribution in [1.29, 1.82) is 0 Å². The summed E-state index contributed by atoms with van der Waals surface area (Å²) in [5, 5.41) is 5.83. The average molecular weight is 504 g/mol. The molecule has 0 radical (unpaired) electrons. The second-order valence-corrected chi connectivity index (χ2v) is 9.50. The van der Waals surface area contributed by atoms with Crippen LogP contribution < -0.4 is 15.4 Å². The van der Waals surface area contributed by atoms with Gasteiger partial charge >= 0.3 is 0 Å². The van der Waals surface area contributed by atoms with Gasteiger partial charge in [0.25, 0.3) is 11.8 Å². The fourth-order valence-corrected chi connectivity index (χ4v) is 4.63. The molecule has 2 heterocycles. The van der Waals surface area contributed by atoms with Gasteiger partial charge in [-0.1, -0.05) is 48.9 Å². The van der Waals surface area contributed by atoms with Crippen LogP contribution in [0.15, 0.2) is 54.9 Å². The molecule has 3 aromatic rings. The summed E-state index contributed by atoms with van der Waals surface area (Å²) >= 11 is 0. The summed E-state index contributed by atoms with van der Waals surface area (Å²) in [7, 11) is 1.60. The van der Waals surface area contributed by atoms with E-state index in [4.69, 9.17) is 4.74 Å². The Balaban J connectivity index is 1.52. The monoisotopic (exact) mass is 503 g/mol. The van der Waals surface area contributed by atoms with Crippen LogP contribution in [0, 0.1) is 6.92 Å². The lowest BCUT2D eigenvalue weighted by Gasteiger charge is -2.43. The fraction of sp³-hybridized carbons (Fsp3) is 0.357. The van der Waals surface area contributed by atoms with Crippen LogP contribution in [0.5, 0.6) is 5.75 Å². The number of ether oxygens (including phenoxy) is 1. The molecule has 1 aromatic heterocycles. The van der Waals surface area contributed by atoms with E-state index in [2.05, 4.69) is 15.6 Å². The molecule has 1 aliphatic heterocycles. The van der Waals surface area contributed by atoms with Crippen molar-refractivity contribution in [3.63, 3.8) is 0 Å². The molecule has 0 saturated carbocycles. The molecule has 0 spiro atoms. The Morgan fingerprint density at radius 1 is 1.08 bits per heavy atom. The molecule has 0 unspecified atom stereocenters. The molecule has 4 rings (SSSR count). The summed E-state index contributed by atoms with van der Waals surface area (Å²) in [6, 6.07) is 15.3. The molecule has 0 bridgehead atoms. The smallest absolute Gasteiger partial charge is 0.273 e. The van der Waals surface area contributed by atoms with Crippen LogP contribution >= 0.6 is 0 Å². The van der Waals surface area contributed by atoms with E-state index in [1.54, 1.807) is 23.5 Å². The van der Waals surface area contributed by atoms with Crippen LogP contribution in [0.3, 0.4) is 0 Å². The zero-order valence-electron chi connectivity index (χ0n) is 21.7. The van der Waals surface area contributed by atoms with Gasteiger partial charge in [-0.05, 0) is 43.5 Å². The van der Waals surface area contributed by atoms with E-state index in [-0.39, 0.29) is 29.7 Å². The molecule has 37 heavy (non-hydrogen) atoms. The molecule has 1 aliphatic rings. The lowest BCUT2D eigenvalue weighted by atomic mass is 9.93. The predicted molar refractivity (Wildman–Crippen MR) is 139 cm³/mol. The predicted octanol–water partition coefficient (Wildman–Crippen LogP) is 3.07. The second-order valence-electron chi connectivity index (χ2n) is 9.50. The Hall–Kier alpha value is -4.14. The normalized spacial score (nSPS) is 16.8. The molecule has 0 aliphatic carbocycles. The molecule has 9 nitrogen and oxygen atoms in total. The highest BCUT2D eigenvalue weighted by molar-refractivity contribution is 6.07. The number of hydrogen-bond acceptors (Lipinski definition) is 5. The third kappa shape index (κ3) is 5.35. The first kappa shape index (κ1) is 25.9. The average Bonchev–Trinajstić information content (AvgIpc) is 3.32. The molecule has 9 heteroatoms. The Bertz CT molecular complexity index is 1300. The lowest BCUT2D eigenvalue weighted by molar-refractivity contribution is -0.133. The zero-order valence-corrected chi connectivity index (χ0v) is 21.7. The van der Waals surface area contributed by atoms with Gasteiger partial charge in [0, 0.05) is 19.6 Å². The number of amides is 3. The van der Waals surface area contributed by atoms with Gasteiger partial charge in [0.05, 0.1) is 20.0 Å². The number of nitrogens with zero attached hydrogens (tertiary/aromatic N) is 3. The van der Waals surface area contributed by atoms with Gasteiger partial charge in [0.1, 0.15) is 17.0 Å². The van der Waals surface area contributed by atoms with Crippen molar-refractivity contribution in [1.82, 2.24) is 25.1 Å². The minimum Gasteiger partial charge on any atom is -0.497 e. The zero-order chi connectivity index (χ0) is 26.6. The van der Waals surface area contributed by atoms with E-state index in [0.29, 0.717) is 26.1 Å². The van der Waals surface area contributed by atoms with Crippen LogP contribution in [0.4, 0.5) is 0 Å². The number of carbonyl (C=O) groups is 3. The third-order valence-electron chi connectivity index (χ3n) is 6.66. The molecule has 2 N–H and O–H groups in total. The van der Waals surface area contributed by atoms with Gasteiger partial charge in [-0.15, -0.1) is 0 Å². The molecular formula is C28H33N5O4.